The predicted molar refractivity (Wildman–Crippen MR) is 68.3 cm³/mol. The van der Waals surface area contributed by atoms with Gasteiger partial charge in [-0.3, -0.25) is 4.68 Å². The van der Waals surface area contributed by atoms with E-state index in [1.54, 1.807) is 12.1 Å². The normalized spacial score (nSPS) is 10.5. The number of hydrogen-bond acceptors (Lipinski definition) is 5. The van der Waals surface area contributed by atoms with E-state index in [9.17, 15) is 0 Å². The Morgan fingerprint density at radius 3 is 2.71 bits per heavy atom. The molecule has 0 unspecified atom stereocenters. The van der Waals surface area contributed by atoms with Crippen LogP contribution in [0.1, 0.15) is 11.3 Å². The van der Waals surface area contributed by atoms with E-state index in [-0.39, 0.29) is 0 Å². The van der Waals surface area contributed by atoms with Crippen molar-refractivity contribution in [3.63, 3.8) is 0 Å². The van der Waals surface area contributed by atoms with Crippen LogP contribution in [0.15, 0.2) is 18.3 Å². The van der Waals surface area contributed by atoms with Crippen LogP contribution < -0.4 is 16.8 Å². The number of nitrogen functional groups attached to an aromatic ring is 2. The van der Waals surface area contributed by atoms with Crippen molar-refractivity contribution in [3.05, 3.63) is 29.6 Å². The van der Waals surface area contributed by atoms with Crippen molar-refractivity contribution in [2.75, 3.05) is 16.8 Å². The lowest BCUT2D eigenvalue weighted by Crippen LogP contribution is -2.05. The Bertz CT molecular complexity index is 531. The maximum atomic E-state index is 5.63. The summed E-state index contributed by atoms with van der Waals surface area (Å²) in [5.41, 5.74) is 14.0. The van der Waals surface area contributed by atoms with Gasteiger partial charge in [0.05, 0.1) is 11.9 Å². The van der Waals surface area contributed by atoms with Crippen molar-refractivity contribution < 1.29 is 0 Å². The number of aryl methyl sites for hydroxylation is 1. The van der Waals surface area contributed by atoms with E-state index in [2.05, 4.69) is 15.4 Å². The molecule has 2 heterocycles. The Morgan fingerprint density at radius 1 is 1.35 bits per heavy atom. The summed E-state index contributed by atoms with van der Waals surface area (Å²) in [7, 11) is 1.91. The fourth-order valence-corrected chi connectivity index (χ4v) is 1.49. The molecule has 0 aliphatic carbocycles. The number of nitrogens with two attached hydrogens (primary N) is 2. The SMILES string of the molecule is Cc1c(CNc2ccc(N)c(N)n2)cnn1C. The minimum Gasteiger partial charge on any atom is -0.396 e. The van der Waals surface area contributed by atoms with Crippen LogP contribution in [0.2, 0.25) is 0 Å². The number of anilines is 3. The molecule has 0 aromatic carbocycles. The molecule has 0 amide bonds. The van der Waals surface area contributed by atoms with Gasteiger partial charge in [-0.05, 0) is 19.1 Å². The molecule has 0 saturated heterocycles. The summed E-state index contributed by atoms with van der Waals surface area (Å²) in [6.07, 6.45) is 1.84. The molecule has 6 nitrogen and oxygen atoms in total. The Morgan fingerprint density at radius 2 is 2.12 bits per heavy atom. The maximum Gasteiger partial charge on any atom is 0.149 e. The number of nitrogens with one attached hydrogen (secondary N) is 1. The van der Waals surface area contributed by atoms with Gasteiger partial charge in [0.2, 0.25) is 0 Å². The van der Waals surface area contributed by atoms with Gasteiger partial charge in [-0.25, -0.2) is 4.98 Å². The molecular formula is C11H16N6. The molecule has 5 N–H and O–H groups in total. The average molecular weight is 232 g/mol. The number of rotatable bonds is 3. The molecular weight excluding hydrogens is 216 g/mol. The van der Waals surface area contributed by atoms with Crippen LogP contribution in [0.4, 0.5) is 17.3 Å². The molecule has 17 heavy (non-hydrogen) atoms. The van der Waals surface area contributed by atoms with Crippen LogP contribution in [-0.2, 0) is 13.6 Å². The highest BCUT2D eigenvalue weighted by Gasteiger charge is 2.04. The second-order valence-electron chi connectivity index (χ2n) is 3.90. The van der Waals surface area contributed by atoms with Gasteiger partial charge in [0.25, 0.3) is 0 Å². The average Bonchev–Trinajstić information content (AvgIpc) is 2.62. The molecule has 90 valence electrons. The number of nitrogens with zero attached hydrogens (tertiary/aromatic N) is 3. The Kier molecular flexibility index (Phi) is 2.86. The van der Waals surface area contributed by atoms with Crippen molar-refractivity contribution in [1.82, 2.24) is 14.8 Å². The summed E-state index contributed by atoms with van der Waals surface area (Å²) in [6, 6.07) is 3.54. The van der Waals surface area contributed by atoms with Gasteiger partial charge in [0.1, 0.15) is 11.6 Å². The Hall–Kier alpha value is -2.24. The molecule has 2 aromatic heterocycles. The van der Waals surface area contributed by atoms with Gasteiger partial charge in [-0.15, -0.1) is 0 Å². The fraction of sp³-hybridized carbons (Fsp3) is 0.273. The van der Waals surface area contributed by atoms with Crippen molar-refractivity contribution >= 4 is 17.3 Å². The van der Waals surface area contributed by atoms with Gasteiger partial charge in [-0.1, -0.05) is 0 Å². The summed E-state index contributed by atoms with van der Waals surface area (Å²) in [5, 5.41) is 7.35. The quantitative estimate of drug-likeness (QED) is 0.730. The summed E-state index contributed by atoms with van der Waals surface area (Å²) in [5.74, 6) is 1.05. The monoisotopic (exact) mass is 232 g/mol. The van der Waals surface area contributed by atoms with Crippen LogP contribution in [0.3, 0.4) is 0 Å². The molecule has 0 radical (unpaired) electrons. The predicted octanol–water partition coefficient (Wildman–Crippen LogP) is 0.900. The second kappa shape index (κ2) is 4.32. The first kappa shape index (κ1) is 11.3. The van der Waals surface area contributed by atoms with Crippen LogP contribution in [0.5, 0.6) is 0 Å². The van der Waals surface area contributed by atoms with E-state index < -0.39 is 0 Å². The zero-order valence-corrected chi connectivity index (χ0v) is 9.94. The third-order valence-electron chi connectivity index (χ3n) is 2.75. The standard InChI is InChI=1S/C11H16N6/c1-7-8(6-15-17(7)2)5-14-10-4-3-9(12)11(13)16-10/h3-4,6H,5,12H2,1-2H3,(H3,13,14,16). The maximum absolute atomic E-state index is 5.63. The lowest BCUT2D eigenvalue weighted by atomic mass is 10.2. The van der Waals surface area contributed by atoms with Gasteiger partial charge in [0.15, 0.2) is 0 Å². The van der Waals surface area contributed by atoms with E-state index in [0.717, 1.165) is 11.3 Å². The minimum atomic E-state index is 0.345. The van der Waals surface area contributed by atoms with E-state index >= 15 is 0 Å². The topological polar surface area (TPSA) is 94.8 Å². The van der Waals surface area contributed by atoms with Crippen LogP contribution in [0.25, 0.3) is 0 Å². The highest BCUT2D eigenvalue weighted by atomic mass is 15.3. The smallest absolute Gasteiger partial charge is 0.149 e. The largest absolute Gasteiger partial charge is 0.396 e. The van der Waals surface area contributed by atoms with Crippen molar-refractivity contribution in [2.24, 2.45) is 7.05 Å². The number of pyridine rings is 1. The molecule has 0 atom stereocenters. The van der Waals surface area contributed by atoms with Crippen molar-refractivity contribution in [2.45, 2.75) is 13.5 Å². The Balaban J connectivity index is 2.07. The molecule has 0 aliphatic heterocycles. The van der Waals surface area contributed by atoms with Gasteiger partial charge in [0, 0.05) is 24.8 Å². The molecule has 0 aliphatic rings. The van der Waals surface area contributed by atoms with E-state index in [1.807, 2.05) is 24.9 Å². The Labute approximate surface area is 99.6 Å². The molecule has 0 fully saturated rings. The molecule has 0 saturated carbocycles. The zero-order valence-electron chi connectivity index (χ0n) is 9.94. The first-order valence-corrected chi connectivity index (χ1v) is 5.31. The molecule has 0 spiro atoms. The van der Waals surface area contributed by atoms with E-state index in [1.165, 1.54) is 0 Å². The first-order chi connectivity index (χ1) is 8.08. The van der Waals surface area contributed by atoms with Gasteiger partial charge in [-0.2, -0.15) is 5.10 Å². The first-order valence-electron chi connectivity index (χ1n) is 5.31. The van der Waals surface area contributed by atoms with Gasteiger partial charge >= 0.3 is 0 Å². The molecule has 6 heteroatoms. The molecule has 2 rings (SSSR count). The van der Waals surface area contributed by atoms with E-state index in [4.69, 9.17) is 11.5 Å². The lowest BCUT2D eigenvalue weighted by Gasteiger charge is -2.07. The molecule has 2 aromatic rings. The van der Waals surface area contributed by atoms with Crippen molar-refractivity contribution in [3.8, 4) is 0 Å². The van der Waals surface area contributed by atoms with Crippen LogP contribution in [-0.4, -0.2) is 14.8 Å². The summed E-state index contributed by atoms with van der Waals surface area (Å²) in [4.78, 5) is 4.14. The number of aromatic nitrogens is 3. The summed E-state index contributed by atoms with van der Waals surface area (Å²) >= 11 is 0. The summed E-state index contributed by atoms with van der Waals surface area (Å²) in [6.45, 7) is 2.69. The highest BCUT2D eigenvalue weighted by molar-refractivity contribution is 5.61. The van der Waals surface area contributed by atoms with Crippen molar-refractivity contribution in [1.29, 1.82) is 0 Å². The summed E-state index contributed by atoms with van der Waals surface area (Å²) < 4.78 is 1.84. The van der Waals surface area contributed by atoms with Crippen LogP contribution >= 0.6 is 0 Å². The highest BCUT2D eigenvalue weighted by Crippen LogP contribution is 2.15. The fourth-order valence-electron chi connectivity index (χ4n) is 1.49. The number of hydrogen-bond donors (Lipinski definition) is 3. The second-order valence-corrected chi connectivity index (χ2v) is 3.90. The zero-order chi connectivity index (χ0) is 12.4. The third-order valence-corrected chi connectivity index (χ3v) is 2.75. The molecule has 0 bridgehead atoms. The minimum absolute atomic E-state index is 0.345. The van der Waals surface area contributed by atoms with Gasteiger partial charge < -0.3 is 16.8 Å². The lowest BCUT2D eigenvalue weighted by molar-refractivity contribution is 0.738. The third kappa shape index (κ3) is 2.30. The van der Waals surface area contributed by atoms with E-state index in [0.29, 0.717) is 23.9 Å². The van der Waals surface area contributed by atoms with Crippen LogP contribution in [0, 0.1) is 6.92 Å².